The van der Waals surface area contributed by atoms with Gasteiger partial charge in [0.05, 0.1) is 0 Å². The molecule has 0 aliphatic carbocycles. The highest BCUT2D eigenvalue weighted by Gasteiger charge is 2.02. The van der Waals surface area contributed by atoms with Crippen LogP contribution in [-0.4, -0.2) is 9.97 Å². The van der Waals surface area contributed by atoms with E-state index >= 15 is 0 Å². The van der Waals surface area contributed by atoms with Crippen LogP contribution in [0.4, 0.5) is 5.82 Å². The van der Waals surface area contributed by atoms with Gasteiger partial charge in [-0.15, -0.1) is 0 Å². The van der Waals surface area contributed by atoms with Crippen LogP contribution in [0.5, 0.6) is 5.88 Å². The van der Waals surface area contributed by atoms with Crippen molar-refractivity contribution < 1.29 is 4.74 Å². The van der Waals surface area contributed by atoms with Gasteiger partial charge >= 0.3 is 0 Å². The average Bonchev–Trinajstić information content (AvgIpc) is 2.37. The number of hydrogen-bond donors (Lipinski definition) is 1. The summed E-state index contributed by atoms with van der Waals surface area (Å²) in [5.41, 5.74) is 6.70. The molecule has 1 aromatic carbocycles. The number of nitrogens with zero attached hydrogens (tertiary/aromatic N) is 2. The first-order chi connectivity index (χ1) is 8.67. The Balaban J connectivity index is 2.05. The van der Waals surface area contributed by atoms with Crippen LogP contribution in [0.15, 0.2) is 30.3 Å². The molecule has 1 aromatic heterocycles. The summed E-state index contributed by atoms with van der Waals surface area (Å²) in [4.78, 5) is 8.33. The molecule has 2 rings (SSSR count). The molecule has 0 amide bonds. The third-order valence-corrected chi connectivity index (χ3v) is 2.64. The quantitative estimate of drug-likeness (QED) is 0.921. The zero-order valence-corrected chi connectivity index (χ0v) is 10.8. The highest BCUT2D eigenvalue weighted by Crippen LogP contribution is 2.15. The molecule has 94 valence electrons. The van der Waals surface area contributed by atoms with Crippen molar-refractivity contribution in [2.75, 3.05) is 5.73 Å². The first kappa shape index (κ1) is 12.6. The van der Waals surface area contributed by atoms with Gasteiger partial charge in [0, 0.05) is 17.5 Å². The summed E-state index contributed by atoms with van der Waals surface area (Å²) in [7, 11) is 0. The molecular weight excluding hydrogens is 250 g/mol. The minimum atomic E-state index is 0.424. The van der Waals surface area contributed by atoms with Crippen molar-refractivity contribution in [1.29, 1.82) is 0 Å². The lowest BCUT2D eigenvalue weighted by atomic mass is 10.2. The number of benzene rings is 1. The Morgan fingerprint density at radius 1 is 1.22 bits per heavy atom. The Hall–Kier alpha value is -1.81. The normalized spacial score (nSPS) is 10.3. The molecule has 0 fully saturated rings. The van der Waals surface area contributed by atoms with Crippen molar-refractivity contribution in [3.63, 3.8) is 0 Å². The van der Waals surface area contributed by atoms with E-state index in [1.54, 1.807) is 6.07 Å². The number of hydrogen-bond acceptors (Lipinski definition) is 4. The lowest BCUT2D eigenvalue weighted by Gasteiger charge is -2.07. The van der Waals surface area contributed by atoms with Crippen LogP contribution >= 0.6 is 11.6 Å². The van der Waals surface area contributed by atoms with Gasteiger partial charge in [0.25, 0.3) is 0 Å². The van der Waals surface area contributed by atoms with E-state index in [0.717, 1.165) is 12.0 Å². The molecule has 2 N–H and O–H groups in total. The minimum absolute atomic E-state index is 0.424. The van der Waals surface area contributed by atoms with Gasteiger partial charge in [-0.05, 0) is 17.7 Å². The maximum Gasteiger partial charge on any atom is 0.219 e. The Labute approximate surface area is 111 Å². The lowest BCUT2D eigenvalue weighted by molar-refractivity contribution is 0.292. The molecule has 0 atom stereocenters. The molecule has 0 bridgehead atoms. The Morgan fingerprint density at radius 2 is 1.94 bits per heavy atom. The molecule has 0 radical (unpaired) electrons. The van der Waals surface area contributed by atoms with E-state index < -0.39 is 0 Å². The van der Waals surface area contributed by atoms with E-state index in [4.69, 9.17) is 22.1 Å². The maximum atomic E-state index is 5.81. The van der Waals surface area contributed by atoms with Gasteiger partial charge in [-0.3, -0.25) is 0 Å². The summed E-state index contributed by atoms with van der Waals surface area (Å²) in [6.07, 6.45) is 0.725. The van der Waals surface area contributed by atoms with E-state index in [2.05, 4.69) is 9.97 Å². The first-order valence-corrected chi connectivity index (χ1v) is 6.06. The highest BCUT2D eigenvalue weighted by atomic mass is 35.5. The number of nitrogens with two attached hydrogens (primary N) is 1. The predicted octanol–water partition coefficient (Wildman–Crippen LogP) is 2.85. The van der Waals surface area contributed by atoms with Gasteiger partial charge in [-0.2, -0.15) is 4.98 Å². The molecule has 0 aliphatic heterocycles. The maximum absolute atomic E-state index is 5.81. The fraction of sp³-hybridized carbons (Fsp3) is 0.231. The van der Waals surface area contributed by atoms with Crippen molar-refractivity contribution in [2.45, 2.75) is 20.0 Å². The third-order valence-electron chi connectivity index (χ3n) is 2.38. The molecule has 2 aromatic rings. The minimum Gasteiger partial charge on any atom is -0.473 e. The topological polar surface area (TPSA) is 61.0 Å². The monoisotopic (exact) mass is 263 g/mol. The van der Waals surface area contributed by atoms with Crippen LogP contribution in [0, 0.1) is 0 Å². The van der Waals surface area contributed by atoms with E-state index in [1.807, 2.05) is 31.2 Å². The van der Waals surface area contributed by atoms with E-state index in [9.17, 15) is 0 Å². The molecule has 0 saturated carbocycles. The second-order valence-corrected chi connectivity index (χ2v) is 4.25. The van der Waals surface area contributed by atoms with Crippen LogP contribution < -0.4 is 10.5 Å². The molecule has 4 nitrogen and oxygen atoms in total. The van der Waals surface area contributed by atoms with Crippen molar-refractivity contribution in [2.24, 2.45) is 0 Å². The number of ether oxygens (including phenoxy) is 1. The number of aryl methyl sites for hydroxylation is 1. The molecule has 0 saturated heterocycles. The average molecular weight is 264 g/mol. The second-order valence-electron chi connectivity index (χ2n) is 3.82. The molecule has 0 spiro atoms. The zero-order chi connectivity index (χ0) is 13.0. The molecule has 1 heterocycles. The highest BCUT2D eigenvalue weighted by molar-refractivity contribution is 6.30. The zero-order valence-electron chi connectivity index (χ0n) is 10.1. The Morgan fingerprint density at radius 3 is 2.61 bits per heavy atom. The summed E-state index contributed by atoms with van der Waals surface area (Å²) in [5.74, 6) is 1.60. The van der Waals surface area contributed by atoms with Crippen LogP contribution in [0.3, 0.4) is 0 Å². The molecular formula is C13H14ClN3O. The molecule has 0 unspecified atom stereocenters. The predicted molar refractivity (Wildman–Crippen MR) is 71.6 cm³/mol. The van der Waals surface area contributed by atoms with E-state index in [-0.39, 0.29) is 0 Å². The smallest absolute Gasteiger partial charge is 0.219 e. The fourth-order valence-corrected chi connectivity index (χ4v) is 1.59. The summed E-state index contributed by atoms with van der Waals surface area (Å²) in [6, 6.07) is 9.09. The standard InChI is InChI=1S/C13H14ClN3O/c1-2-12-16-11(15)7-13(17-12)18-8-9-3-5-10(14)6-4-9/h3-7H,2,8H2,1H3,(H2,15,16,17). The lowest BCUT2D eigenvalue weighted by Crippen LogP contribution is -2.03. The molecule has 0 aliphatic rings. The number of halogens is 1. The third kappa shape index (κ3) is 3.34. The van der Waals surface area contributed by atoms with Gasteiger partial charge in [0.2, 0.25) is 5.88 Å². The summed E-state index contributed by atoms with van der Waals surface area (Å²) in [6.45, 7) is 2.40. The summed E-state index contributed by atoms with van der Waals surface area (Å²) < 4.78 is 5.58. The van der Waals surface area contributed by atoms with Gasteiger partial charge in [0.1, 0.15) is 18.2 Å². The number of rotatable bonds is 4. The first-order valence-electron chi connectivity index (χ1n) is 5.68. The van der Waals surface area contributed by atoms with Gasteiger partial charge < -0.3 is 10.5 Å². The van der Waals surface area contributed by atoms with Crippen molar-refractivity contribution in [3.8, 4) is 5.88 Å². The molecule has 5 heteroatoms. The second kappa shape index (κ2) is 5.69. The van der Waals surface area contributed by atoms with Crippen molar-refractivity contribution in [3.05, 3.63) is 46.7 Å². The SMILES string of the molecule is CCc1nc(N)cc(OCc2ccc(Cl)cc2)n1. The van der Waals surface area contributed by atoms with Crippen molar-refractivity contribution in [1.82, 2.24) is 9.97 Å². The fourth-order valence-electron chi connectivity index (χ4n) is 1.46. The van der Waals surface area contributed by atoms with Crippen LogP contribution in [-0.2, 0) is 13.0 Å². The van der Waals surface area contributed by atoms with Gasteiger partial charge in [-0.1, -0.05) is 30.7 Å². The van der Waals surface area contributed by atoms with E-state index in [0.29, 0.717) is 29.2 Å². The number of anilines is 1. The summed E-state index contributed by atoms with van der Waals surface area (Å²) >= 11 is 5.81. The van der Waals surface area contributed by atoms with Gasteiger partial charge in [-0.25, -0.2) is 4.98 Å². The Bertz CT molecular complexity index is 528. The van der Waals surface area contributed by atoms with E-state index in [1.165, 1.54) is 0 Å². The van der Waals surface area contributed by atoms with Crippen molar-refractivity contribution >= 4 is 17.4 Å². The van der Waals surface area contributed by atoms with Crippen LogP contribution in [0.1, 0.15) is 18.3 Å². The summed E-state index contributed by atoms with van der Waals surface area (Å²) in [5, 5.41) is 0.707. The largest absolute Gasteiger partial charge is 0.473 e. The number of nitrogen functional groups attached to an aromatic ring is 1. The molecule has 18 heavy (non-hydrogen) atoms. The van der Waals surface area contributed by atoms with Crippen LogP contribution in [0.25, 0.3) is 0 Å². The number of aromatic nitrogens is 2. The van der Waals surface area contributed by atoms with Gasteiger partial charge in [0.15, 0.2) is 0 Å². The Kier molecular flexibility index (Phi) is 3.99. The van der Waals surface area contributed by atoms with Crippen LogP contribution in [0.2, 0.25) is 5.02 Å².